The molecular formula is C54H91O9P. The van der Waals surface area contributed by atoms with E-state index in [4.69, 9.17) is 23.6 Å². The van der Waals surface area contributed by atoms with Gasteiger partial charge in [0.1, 0.15) is 12.2 Å². The van der Waals surface area contributed by atoms with Gasteiger partial charge in [0.15, 0.2) is 0 Å². The van der Waals surface area contributed by atoms with E-state index in [0.717, 1.165) is 116 Å². The van der Waals surface area contributed by atoms with Crippen LogP contribution in [0.4, 0.5) is 0 Å². The molecule has 3 unspecified atom stereocenters. The van der Waals surface area contributed by atoms with Crippen LogP contribution in [0.15, 0.2) is 109 Å². The Morgan fingerprint density at radius 1 is 0.484 bits per heavy atom. The molecule has 3 atom stereocenters. The number of phosphoric ester groups is 1. The van der Waals surface area contributed by atoms with Crippen LogP contribution in [0.3, 0.4) is 0 Å². The van der Waals surface area contributed by atoms with Gasteiger partial charge in [-0.1, -0.05) is 187 Å². The van der Waals surface area contributed by atoms with E-state index in [1.54, 1.807) is 0 Å². The standard InChI is InChI=1S/C54H91O9P/c1-3-5-7-9-11-13-15-17-19-21-23-25-26-27-28-30-32-34-36-38-40-42-44-46-54(57)63-53(51-62-64(58,59)61-49-52(56)48-55)50-60-47-45-43-41-39-37-35-33-31-29-24-22-20-18-16-14-12-10-8-6-4-2/h5-8,11-14,17-20,23-25,29,33,35,52-53,55-56H,3-4,9-10,15-16,21-22,26-28,30-32,34,36-51H2,1-2H3,(H,58,59)/b7-5-,8-6-,13-11-,14-12-,19-17-,20-18-,25-23-,29-24-,35-33-. The molecule has 0 spiro atoms. The molecular weight excluding hydrogens is 824 g/mol. The number of aliphatic hydroxyl groups excluding tert-OH is 2. The molecule has 0 aromatic rings. The molecule has 0 aliphatic carbocycles. The summed E-state index contributed by atoms with van der Waals surface area (Å²) in [4.78, 5) is 22.7. The molecule has 0 bridgehead atoms. The van der Waals surface area contributed by atoms with Gasteiger partial charge in [0, 0.05) is 13.0 Å². The summed E-state index contributed by atoms with van der Waals surface area (Å²) in [5.74, 6) is -0.401. The minimum absolute atomic E-state index is 0.0233. The molecule has 0 aliphatic rings. The second-order valence-electron chi connectivity index (χ2n) is 16.1. The third-order valence-electron chi connectivity index (χ3n) is 9.95. The van der Waals surface area contributed by atoms with Crippen LogP contribution in [-0.4, -0.2) is 66.3 Å². The average Bonchev–Trinajstić information content (AvgIpc) is 3.29. The van der Waals surface area contributed by atoms with E-state index >= 15 is 0 Å². The fourth-order valence-corrected chi connectivity index (χ4v) is 7.04. The third-order valence-corrected chi connectivity index (χ3v) is 10.9. The number of aliphatic hydroxyl groups is 2. The van der Waals surface area contributed by atoms with Gasteiger partial charge in [0.25, 0.3) is 0 Å². The number of hydrogen-bond acceptors (Lipinski definition) is 8. The van der Waals surface area contributed by atoms with E-state index < -0.39 is 45.8 Å². The van der Waals surface area contributed by atoms with Gasteiger partial charge < -0.3 is 24.6 Å². The highest BCUT2D eigenvalue weighted by Gasteiger charge is 2.26. The van der Waals surface area contributed by atoms with Crippen molar-refractivity contribution >= 4 is 13.8 Å². The maximum Gasteiger partial charge on any atom is 0.472 e. The first-order valence-corrected chi connectivity index (χ1v) is 26.4. The Balaban J connectivity index is 4.18. The Labute approximate surface area is 390 Å². The quantitative estimate of drug-likeness (QED) is 0.0236. The Bertz CT molecular complexity index is 1360. The summed E-state index contributed by atoms with van der Waals surface area (Å²) in [5, 5.41) is 18.4. The van der Waals surface area contributed by atoms with Crippen LogP contribution in [0.5, 0.6) is 0 Å². The van der Waals surface area contributed by atoms with Gasteiger partial charge in [-0.3, -0.25) is 13.8 Å². The second kappa shape index (κ2) is 49.6. The number of ether oxygens (including phenoxy) is 2. The normalized spacial score (nSPS) is 14.8. The number of phosphoric acid groups is 1. The van der Waals surface area contributed by atoms with Gasteiger partial charge in [-0.25, -0.2) is 4.57 Å². The Morgan fingerprint density at radius 2 is 0.844 bits per heavy atom. The van der Waals surface area contributed by atoms with Gasteiger partial charge in [0.2, 0.25) is 0 Å². The maximum absolute atomic E-state index is 12.7. The highest BCUT2D eigenvalue weighted by Crippen LogP contribution is 2.43. The van der Waals surface area contributed by atoms with Crippen LogP contribution in [0.1, 0.15) is 181 Å². The molecule has 0 saturated heterocycles. The summed E-state index contributed by atoms with van der Waals surface area (Å²) in [6.07, 6.45) is 64.8. The van der Waals surface area contributed by atoms with Crippen LogP contribution in [0.2, 0.25) is 0 Å². The number of hydrogen-bond donors (Lipinski definition) is 3. The lowest BCUT2D eigenvalue weighted by atomic mass is 10.0. The van der Waals surface area contributed by atoms with E-state index in [1.807, 2.05) is 0 Å². The lowest BCUT2D eigenvalue weighted by Crippen LogP contribution is -2.29. The summed E-state index contributed by atoms with van der Waals surface area (Å²) < 4.78 is 33.5. The predicted molar refractivity (Wildman–Crippen MR) is 269 cm³/mol. The topological polar surface area (TPSA) is 132 Å². The van der Waals surface area contributed by atoms with E-state index in [2.05, 4.69) is 123 Å². The number of carbonyl (C=O) groups is 1. The van der Waals surface area contributed by atoms with Crippen LogP contribution in [-0.2, 0) is 27.9 Å². The van der Waals surface area contributed by atoms with Crippen LogP contribution >= 0.6 is 7.82 Å². The minimum atomic E-state index is -4.54. The zero-order valence-corrected chi connectivity index (χ0v) is 41.1. The van der Waals surface area contributed by atoms with Crippen molar-refractivity contribution in [3.05, 3.63) is 109 Å². The van der Waals surface area contributed by atoms with Crippen molar-refractivity contribution in [3.63, 3.8) is 0 Å². The summed E-state index contributed by atoms with van der Waals surface area (Å²) in [7, 11) is -4.54. The molecule has 0 rings (SSSR count). The molecule has 0 saturated carbocycles. The van der Waals surface area contributed by atoms with Gasteiger partial charge >= 0.3 is 13.8 Å². The van der Waals surface area contributed by atoms with E-state index in [-0.39, 0.29) is 13.0 Å². The number of allylic oxidation sites excluding steroid dienone is 18. The lowest BCUT2D eigenvalue weighted by molar-refractivity contribution is -0.154. The van der Waals surface area contributed by atoms with Crippen molar-refractivity contribution in [1.82, 2.24) is 0 Å². The molecule has 366 valence electrons. The van der Waals surface area contributed by atoms with Crippen molar-refractivity contribution in [2.75, 3.05) is 33.0 Å². The number of unbranched alkanes of at least 4 members (excludes halogenated alkanes) is 14. The molecule has 0 heterocycles. The summed E-state index contributed by atoms with van der Waals surface area (Å²) in [6, 6.07) is 0. The number of esters is 1. The van der Waals surface area contributed by atoms with E-state index in [0.29, 0.717) is 13.0 Å². The molecule has 0 radical (unpaired) electrons. The summed E-state index contributed by atoms with van der Waals surface area (Å²) in [5.41, 5.74) is 0. The third kappa shape index (κ3) is 48.6. The van der Waals surface area contributed by atoms with Crippen molar-refractivity contribution in [3.8, 4) is 0 Å². The largest absolute Gasteiger partial charge is 0.472 e. The predicted octanol–water partition coefficient (Wildman–Crippen LogP) is 14.6. The summed E-state index contributed by atoms with van der Waals surface area (Å²) >= 11 is 0. The minimum Gasteiger partial charge on any atom is -0.457 e. The van der Waals surface area contributed by atoms with Gasteiger partial charge in [-0.15, -0.1) is 0 Å². The fraction of sp³-hybridized carbons (Fsp3) is 0.648. The highest BCUT2D eigenvalue weighted by atomic mass is 31.2. The van der Waals surface area contributed by atoms with Crippen molar-refractivity contribution in [2.45, 2.75) is 193 Å². The first-order valence-electron chi connectivity index (χ1n) is 24.9. The molecule has 9 nitrogen and oxygen atoms in total. The molecule has 0 fully saturated rings. The van der Waals surface area contributed by atoms with Crippen LogP contribution in [0, 0.1) is 0 Å². The Morgan fingerprint density at radius 3 is 1.27 bits per heavy atom. The first kappa shape index (κ1) is 61.1. The highest BCUT2D eigenvalue weighted by molar-refractivity contribution is 7.47. The average molecular weight is 915 g/mol. The zero-order valence-electron chi connectivity index (χ0n) is 40.2. The first-order chi connectivity index (χ1) is 31.3. The molecule has 0 amide bonds. The number of rotatable bonds is 46. The van der Waals surface area contributed by atoms with Gasteiger partial charge in [0.05, 0.1) is 26.4 Å². The molecule has 10 heteroatoms. The number of carbonyl (C=O) groups excluding carboxylic acids is 1. The maximum atomic E-state index is 12.7. The SMILES string of the molecule is CC/C=C\C/C=C\C/C=C\C/C=C\C/C=C\CCCCCCOCC(COP(=O)(O)OCC(O)CO)OC(=O)CCCCCCCCCCCC/C=C\C/C=C\C/C=C\C/C=C\CC. The molecule has 64 heavy (non-hydrogen) atoms. The molecule has 3 N–H and O–H groups in total. The van der Waals surface area contributed by atoms with Crippen molar-refractivity contribution in [1.29, 1.82) is 0 Å². The second-order valence-corrected chi connectivity index (χ2v) is 17.5. The van der Waals surface area contributed by atoms with E-state index in [1.165, 1.54) is 38.5 Å². The van der Waals surface area contributed by atoms with Gasteiger partial charge in [-0.2, -0.15) is 0 Å². The van der Waals surface area contributed by atoms with E-state index in [9.17, 15) is 19.4 Å². The molecule has 0 aliphatic heterocycles. The van der Waals surface area contributed by atoms with Crippen molar-refractivity contribution in [2.24, 2.45) is 0 Å². The van der Waals surface area contributed by atoms with Crippen molar-refractivity contribution < 1.29 is 43.0 Å². The van der Waals surface area contributed by atoms with Gasteiger partial charge in [-0.05, 0) is 96.3 Å². The monoisotopic (exact) mass is 915 g/mol. The molecule has 0 aromatic heterocycles. The Kier molecular flexibility index (Phi) is 47.3. The zero-order chi connectivity index (χ0) is 46.7. The lowest BCUT2D eigenvalue weighted by Gasteiger charge is -2.20. The summed E-state index contributed by atoms with van der Waals surface area (Å²) in [6.45, 7) is 3.21. The van der Waals surface area contributed by atoms with Crippen LogP contribution in [0.25, 0.3) is 0 Å². The Hall–Kier alpha value is -2.88. The molecule has 0 aromatic carbocycles. The fourth-order valence-electron chi connectivity index (χ4n) is 6.26. The smallest absolute Gasteiger partial charge is 0.457 e. The van der Waals surface area contributed by atoms with Crippen LogP contribution < -0.4 is 0 Å².